The molecule has 0 saturated heterocycles. The number of hydrogen-bond acceptors (Lipinski definition) is 3. The van der Waals surface area contributed by atoms with Crippen LogP contribution in [-0.2, 0) is 0 Å². The van der Waals surface area contributed by atoms with Crippen LogP contribution in [0.15, 0.2) is 42.5 Å². The number of hydrogen-bond donors (Lipinski definition) is 0. The summed E-state index contributed by atoms with van der Waals surface area (Å²) in [6.45, 7) is 1.65. The molecule has 0 heterocycles. The van der Waals surface area contributed by atoms with Gasteiger partial charge in [-0.25, -0.2) is 0 Å². The number of halogens is 2. The Labute approximate surface area is 132 Å². The zero-order valence-electron chi connectivity index (χ0n) is 11.1. The van der Waals surface area contributed by atoms with Gasteiger partial charge >= 0.3 is 0 Å². The maximum absolute atomic E-state index is 12.2. The number of nitriles is 1. The molecular formula is C16H11Cl2NO2. The fourth-order valence-electron chi connectivity index (χ4n) is 1.79. The molecule has 0 fully saturated rings. The monoisotopic (exact) mass is 319 g/mol. The number of benzene rings is 2. The summed E-state index contributed by atoms with van der Waals surface area (Å²) in [6, 6.07) is 13.3. The standard InChI is InChI=1S/C16H11Cl2NO2/c1-10(16(20)11-3-2-4-13(17)7-11)21-14-6-5-12(9-19)15(18)8-14/h2-8,10H,1H3. The fraction of sp³-hybridized carbons (Fsp3) is 0.125. The van der Waals surface area contributed by atoms with Crippen LogP contribution >= 0.6 is 23.2 Å². The van der Waals surface area contributed by atoms with E-state index in [-0.39, 0.29) is 10.8 Å². The average molecular weight is 320 g/mol. The molecule has 0 aromatic heterocycles. The molecule has 0 aliphatic carbocycles. The summed E-state index contributed by atoms with van der Waals surface area (Å²) >= 11 is 11.8. The van der Waals surface area contributed by atoms with E-state index in [9.17, 15) is 4.79 Å². The molecular weight excluding hydrogens is 309 g/mol. The Morgan fingerprint density at radius 1 is 1.24 bits per heavy atom. The molecule has 0 amide bonds. The summed E-state index contributed by atoms with van der Waals surface area (Å²) < 4.78 is 5.56. The van der Waals surface area contributed by atoms with Crippen molar-refractivity contribution in [2.75, 3.05) is 0 Å². The van der Waals surface area contributed by atoms with Gasteiger partial charge in [-0.05, 0) is 31.2 Å². The number of rotatable bonds is 4. The van der Waals surface area contributed by atoms with Gasteiger partial charge < -0.3 is 4.74 Å². The van der Waals surface area contributed by atoms with Crippen molar-refractivity contribution in [1.29, 1.82) is 5.26 Å². The van der Waals surface area contributed by atoms with Crippen LogP contribution in [-0.4, -0.2) is 11.9 Å². The molecule has 0 radical (unpaired) electrons. The van der Waals surface area contributed by atoms with Crippen LogP contribution in [0.25, 0.3) is 0 Å². The Kier molecular flexibility index (Phi) is 4.85. The first-order valence-corrected chi connectivity index (χ1v) is 6.93. The van der Waals surface area contributed by atoms with Crippen molar-refractivity contribution in [1.82, 2.24) is 0 Å². The van der Waals surface area contributed by atoms with Crippen LogP contribution < -0.4 is 4.74 Å². The first kappa shape index (κ1) is 15.4. The lowest BCUT2D eigenvalue weighted by molar-refractivity contribution is 0.0818. The van der Waals surface area contributed by atoms with E-state index in [4.69, 9.17) is 33.2 Å². The van der Waals surface area contributed by atoms with Crippen molar-refractivity contribution in [3.05, 3.63) is 63.6 Å². The molecule has 1 unspecified atom stereocenters. The van der Waals surface area contributed by atoms with Crippen LogP contribution in [0.3, 0.4) is 0 Å². The maximum atomic E-state index is 12.2. The Hall–Kier alpha value is -2.02. The molecule has 21 heavy (non-hydrogen) atoms. The van der Waals surface area contributed by atoms with E-state index in [1.165, 1.54) is 6.07 Å². The predicted molar refractivity (Wildman–Crippen MR) is 82.0 cm³/mol. The average Bonchev–Trinajstić information content (AvgIpc) is 2.46. The Morgan fingerprint density at radius 2 is 2.00 bits per heavy atom. The summed E-state index contributed by atoms with van der Waals surface area (Å²) in [5, 5.41) is 9.60. The van der Waals surface area contributed by atoms with E-state index in [2.05, 4.69) is 0 Å². The molecule has 2 aromatic carbocycles. The molecule has 0 aliphatic heterocycles. The van der Waals surface area contributed by atoms with Gasteiger partial charge in [0, 0.05) is 16.7 Å². The Balaban J connectivity index is 2.14. The molecule has 0 aliphatic rings. The second kappa shape index (κ2) is 6.62. The summed E-state index contributed by atoms with van der Waals surface area (Å²) in [5.74, 6) is 0.250. The van der Waals surface area contributed by atoms with E-state index in [0.717, 1.165) is 0 Å². The van der Waals surface area contributed by atoms with Crippen LogP contribution in [0, 0.1) is 11.3 Å². The highest BCUT2D eigenvalue weighted by Crippen LogP contribution is 2.23. The van der Waals surface area contributed by atoms with Gasteiger partial charge in [0.1, 0.15) is 11.8 Å². The van der Waals surface area contributed by atoms with E-state index in [1.807, 2.05) is 6.07 Å². The SMILES string of the molecule is CC(Oc1ccc(C#N)c(Cl)c1)C(=O)c1cccc(Cl)c1. The first-order chi connectivity index (χ1) is 10.0. The lowest BCUT2D eigenvalue weighted by Gasteiger charge is -2.14. The molecule has 0 N–H and O–H groups in total. The molecule has 0 saturated carbocycles. The largest absolute Gasteiger partial charge is 0.483 e. The highest BCUT2D eigenvalue weighted by atomic mass is 35.5. The summed E-state index contributed by atoms with van der Waals surface area (Å²) in [5.41, 5.74) is 0.840. The second-order valence-corrected chi connectivity index (χ2v) is 5.23. The van der Waals surface area contributed by atoms with E-state index in [0.29, 0.717) is 21.9 Å². The quantitative estimate of drug-likeness (QED) is 0.779. The number of carbonyl (C=O) groups excluding carboxylic acids is 1. The summed E-state index contributed by atoms with van der Waals surface area (Å²) in [4.78, 5) is 12.2. The van der Waals surface area contributed by atoms with Gasteiger partial charge in [0.25, 0.3) is 0 Å². The summed E-state index contributed by atoms with van der Waals surface area (Å²) in [6.07, 6.45) is -0.688. The van der Waals surface area contributed by atoms with Crippen molar-refractivity contribution in [3.63, 3.8) is 0 Å². The highest BCUT2D eigenvalue weighted by molar-refractivity contribution is 6.32. The molecule has 2 aromatic rings. The number of ketones is 1. The number of nitrogens with zero attached hydrogens (tertiary/aromatic N) is 1. The molecule has 5 heteroatoms. The molecule has 2 rings (SSSR count). The third kappa shape index (κ3) is 3.75. The Morgan fingerprint density at radius 3 is 2.62 bits per heavy atom. The normalized spacial score (nSPS) is 11.5. The van der Waals surface area contributed by atoms with E-state index in [1.54, 1.807) is 43.3 Å². The van der Waals surface area contributed by atoms with E-state index >= 15 is 0 Å². The van der Waals surface area contributed by atoms with Crippen LogP contribution in [0.5, 0.6) is 5.75 Å². The molecule has 3 nitrogen and oxygen atoms in total. The fourth-order valence-corrected chi connectivity index (χ4v) is 2.20. The zero-order valence-corrected chi connectivity index (χ0v) is 12.7. The smallest absolute Gasteiger partial charge is 0.203 e. The summed E-state index contributed by atoms with van der Waals surface area (Å²) in [7, 11) is 0. The molecule has 106 valence electrons. The maximum Gasteiger partial charge on any atom is 0.203 e. The van der Waals surface area contributed by atoms with Crippen LogP contribution in [0.1, 0.15) is 22.8 Å². The first-order valence-electron chi connectivity index (χ1n) is 6.17. The van der Waals surface area contributed by atoms with Gasteiger partial charge in [-0.15, -0.1) is 0 Å². The topological polar surface area (TPSA) is 50.1 Å². The lowest BCUT2D eigenvalue weighted by Crippen LogP contribution is -2.23. The number of Topliss-reactive ketones (excluding diaryl/α,β-unsaturated/α-hetero) is 1. The van der Waals surface area contributed by atoms with Crippen molar-refractivity contribution in [2.24, 2.45) is 0 Å². The minimum absolute atomic E-state index is 0.182. The predicted octanol–water partition coefficient (Wildman–Crippen LogP) is 4.52. The van der Waals surface area contributed by atoms with Crippen LogP contribution in [0.2, 0.25) is 10.0 Å². The number of carbonyl (C=O) groups is 1. The van der Waals surface area contributed by atoms with Crippen molar-refractivity contribution >= 4 is 29.0 Å². The van der Waals surface area contributed by atoms with Gasteiger partial charge in [0.05, 0.1) is 10.6 Å². The number of ether oxygens (including phenoxy) is 1. The second-order valence-electron chi connectivity index (χ2n) is 4.39. The van der Waals surface area contributed by atoms with Crippen molar-refractivity contribution in [3.8, 4) is 11.8 Å². The minimum Gasteiger partial charge on any atom is -0.483 e. The van der Waals surface area contributed by atoms with Gasteiger partial charge in [0.2, 0.25) is 5.78 Å². The lowest BCUT2D eigenvalue weighted by atomic mass is 10.1. The van der Waals surface area contributed by atoms with Crippen LogP contribution in [0.4, 0.5) is 0 Å². The van der Waals surface area contributed by atoms with Gasteiger partial charge in [-0.3, -0.25) is 4.79 Å². The van der Waals surface area contributed by atoms with Gasteiger partial charge in [0.15, 0.2) is 6.10 Å². The van der Waals surface area contributed by atoms with E-state index < -0.39 is 6.10 Å². The molecule has 0 bridgehead atoms. The molecule has 1 atom stereocenters. The molecule has 0 spiro atoms. The zero-order chi connectivity index (χ0) is 15.4. The third-order valence-corrected chi connectivity index (χ3v) is 3.40. The Bertz CT molecular complexity index is 722. The van der Waals surface area contributed by atoms with Crippen molar-refractivity contribution < 1.29 is 9.53 Å². The third-order valence-electron chi connectivity index (χ3n) is 2.85. The van der Waals surface area contributed by atoms with Gasteiger partial charge in [-0.2, -0.15) is 5.26 Å². The van der Waals surface area contributed by atoms with Crippen molar-refractivity contribution in [2.45, 2.75) is 13.0 Å². The highest BCUT2D eigenvalue weighted by Gasteiger charge is 2.17. The van der Waals surface area contributed by atoms with Gasteiger partial charge in [-0.1, -0.05) is 35.3 Å². The minimum atomic E-state index is -0.688.